The van der Waals surface area contributed by atoms with Crippen molar-refractivity contribution in [3.8, 4) is 11.5 Å². The van der Waals surface area contributed by atoms with Crippen LogP contribution in [0, 0.1) is 12.8 Å². The van der Waals surface area contributed by atoms with Crippen LogP contribution in [0.5, 0.6) is 0 Å². The van der Waals surface area contributed by atoms with E-state index in [-0.39, 0.29) is 12.0 Å². The van der Waals surface area contributed by atoms with Crippen molar-refractivity contribution in [2.75, 3.05) is 53.0 Å². The van der Waals surface area contributed by atoms with Gasteiger partial charge in [0.2, 0.25) is 0 Å². The highest BCUT2D eigenvalue weighted by atomic mass is 16.5. The van der Waals surface area contributed by atoms with E-state index in [0.29, 0.717) is 23.9 Å². The van der Waals surface area contributed by atoms with Gasteiger partial charge >= 0.3 is 0 Å². The summed E-state index contributed by atoms with van der Waals surface area (Å²) in [5.41, 5.74) is 1.15. The van der Waals surface area contributed by atoms with E-state index in [4.69, 9.17) is 13.9 Å². The molecule has 2 saturated heterocycles. The van der Waals surface area contributed by atoms with Crippen molar-refractivity contribution < 1.29 is 18.7 Å². The molecule has 0 radical (unpaired) electrons. The summed E-state index contributed by atoms with van der Waals surface area (Å²) in [7, 11) is 1.74. The van der Waals surface area contributed by atoms with E-state index in [1.807, 2.05) is 24.0 Å². The second-order valence-electron chi connectivity index (χ2n) is 8.70. The molecule has 2 aliphatic rings. The molecule has 0 aromatic carbocycles. The Labute approximate surface area is 183 Å². The largest absolute Gasteiger partial charge is 0.460 e. The van der Waals surface area contributed by atoms with Gasteiger partial charge in [-0.25, -0.2) is 0 Å². The number of piperidine rings is 1. The normalized spacial score (nSPS) is 20.4. The fourth-order valence-electron chi connectivity index (χ4n) is 4.50. The molecule has 2 aromatic rings. The molecule has 1 N–H and O–H groups in total. The third kappa shape index (κ3) is 5.75. The molecule has 0 aliphatic carbocycles. The van der Waals surface area contributed by atoms with E-state index in [0.717, 1.165) is 76.5 Å². The predicted octanol–water partition coefficient (Wildman–Crippen LogP) is 2.96. The van der Waals surface area contributed by atoms with E-state index in [9.17, 15) is 4.79 Å². The predicted molar refractivity (Wildman–Crippen MR) is 117 cm³/mol. The minimum Gasteiger partial charge on any atom is -0.460 e. The molecule has 8 heteroatoms. The second kappa shape index (κ2) is 10.4. The number of carbonyl (C=O) groups is 1. The highest BCUT2D eigenvalue weighted by Crippen LogP contribution is 2.24. The van der Waals surface area contributed by atoms with Gasteiger partial charge in [0.25, 0.3) is 5.91 Å². The molecular weight excluding hydrogens is 396 g/mol. The fourth-order valence-corrected chi connectivity index (χ4v) is 4.50. The van der Waals surface area contributed by atoms with Crippen LogP contribution in [0.4, 0.5) is 0 Å². The molecule has 2 fully saturated rings. The minimum absolute atomic E-state index is 0.0388. The molecule has 31 heavy (non-hydrogen) atoms. The lowest BCUT2D eigenvalue weighted by atomic mass is 9.95. The summed E-state index contributed by atoms with van der Waals surface area (Å²) in [6, 6.07) is 5.58. The van der Waals surface area contributed by atoms with Crippen LogP contribution in [0.15, 0.2) is 22.6 Å². The summed E-state index contributed by atoms with van der Waals surface area (Å²) in [5.74, 6) is 1.98. The lowest BCUT2D eigenvalue weighted by Gasteiger charge is -2.35. The number of methoxy groups -OCH3 is 1. The molecular formula is C23H34N4O4. The Kier molecular flexibility index (Phi) is 7.42. The van der Waals surface area contributed by atoms with Crippen LogP contribution in [0.3, 0.4) is 0 Å². The van der Waals surface area contributed by atoms with Gasteiger partial charge in [0.15, 0.2) is 11.5 Å². The third-order valence-corrected chi connectivity index (χ3v) is 6.34. The number of carbonyl (C=O) groups excluding carboxylic acids is 1. The molecule has 8 nitrogen and oxygen atoms in total. The monoisotopic (exact) mass is 430 g/mol. The first-order chi connectivity index (χ1) is 15.1. The van der Waals surface area contributed by atoms with Crippen molar-refractivity contribution >= 4 is 5.91 Å². The topological polar surface area (TPSA) is 83.8 Å². The van der Waals surface area contributed by atoms with Crippen molar-refractivity contribution in [3.63, 3.8) is 0 Å². The summed E-state index contributed by atoms with van der Waals surface area (Å²) in [6.45, 7) is 7.92. The first kappa shape index (κ1) is 22.0. The van der Waals surface area contributed by atoms with Gasteiger partial charge in [-0.2, -0.15) is 5.10 Å². The van der Waals surface area contributed by atoms with Crippen molar-refractivity contribution in [1.82, 2.24) is 20.0 Å². The first-order valence-electron chi connectivity index (χ1n) is 11.4. The number of ether oxygens (including phenoxy) is 2. The lowest BCUT2D eigenvalue weighted by molar-refractivity contribution is 0.0433. The number of nitrogens with one attached hydrogen (secondary N) is 1. The highest BCUT2D eigenvalue weighted by molar-refractivity contribution is 5.93. The Morgan fingerprint density at radius 1 is 1.29 bits per heavy atom. The summed E-state index contributed by atoms with van der Waals surface area (Å²) < 4.78 is 16.7. The summed E-state index contributed by atoms with van der Waals surface area (Å²) in [5, 5.41) is 7.25. The zero-order chi connectivity index (χ0) is 21.6. The van der Waals surface area contributed by atoms with E-state index < -0.39 is 0 Å². The number of amides is 1. The number of H-pyrrole nitrogens is 1. The third-order valence-electron chi connectivity index (χ3n) is 6.34. The van der Waals surface area contributed by atoms with Crippen molar-refractivity contribution in [1.29, 1.82) is 0 Å². The van der Waals surface area contributed by atoms with E-state index in [1.165, 1.54) is 0 Å². The average Bonchev–Trinajstić information content (AvgIpc) is 3.54. The summed E-state index contributed by atoms with van der Waals surface area (Å²) in [4.78, 5) is 17.8. The van der Waals surface area contributed by atoms with E-state index in [2.05, 4.69) is 15.1 Å². The number of likely N-dealkylation sites (tertiary alicyclic amines) is 1. The minimum atomic E-state index is -0.0388. The van der Waals surface area contributed by atoms with Crippen LogP contribution in [0.2, 0.25) is 0 Å². The van der Waals surface area contributed by atoms with Crippen LogP contribution in [-0.4, -0.2) is 85.1 Å². The second-order valence-corrected chi connectivity index (χ2v) is 8.70. The van der Waals surface area contributed by atoms with Crippen LogP contribution < -0.4 is 0 Å². The van der Waals surface area contributed by atoms with Gasteiger partial charge in [0, 0.05) is 39.4 Å². The number of furan rings is 1. The molecule has 2 aliphatic heterocycles. The lowest BCUT2D eigenvalue weighted by Crippen LogP contribution is -2.44. The molecule has 170 valence electrons. The molecule has 4 rings (SSSR count). The van der Waals surface area contributed by atoms with Crippen LogP contribution in [0.1, 0.15) is 41.9 Å². The van der Waals surface area contributed by atoms with E-state index >= 15 is 0 Å². The summed E-state index contributed by atoms with van der Waals surface area (Å²) >= 11 is 0. The SMILES string of the molecule is COCCN1CCC(CN(CC2CCCO2)C(=O)c2cc(-c3ccc(C)o3)[nH]n2)CC1. The van der Waals surface area contributed by atoms with Gasteiger partial charge in [-0.05, 0) is 63.7 Å². The van der Waals surface area contributed by atoms with Gasteiger partial charge in [0.05, 0.1) is 12.7 Å². The van der Waals surface area contributed by atoms with Gasteiger partial charge in [0.1, 0.15) is 11.5 Å². The zero-order valence-corrected chi connectivity index (χ0v) is 18.6. The molecule has 1 unspecified atom stereocenters. The van der Waals surface area contributed by atoms with Crippen molar-refractivity contribution in [3.05, 3.63) is 29.7 Å². The first-order valence-corrected chi connectivity index (χ1v) is 11.4. The Morgan fingerprint density at radius 3 is 2.81 bits per heavy atom. The molecule has 0 bridgehead atoms. The quantitative estimate of drug-likeness (QED) is 0.659. The molecule has 4 heterocycles. The molecule has 0 saturated carbocycles. The van der Waals surface area contributed by atoms with Gasteiger partial charge in [-0.3, -0.25) is 9.89 Å². The van der Waals surface area contributed by atoms with Crippen molar-refractivity contribution in [2.24, 2.45) is 5.92 Å². The Bertz CT molecular complexity index is 834. The fraction of sp³-hybridized carbons (Fsp3) is 0.652. The summed E-state index contributed by atoms with van der Waals surface area (Å²) in [6.07, 6.45) is 4.38. The Hall–Kier alpha value is -2.16. The maximum Gasteiger partial charge on any atom is 0.274 e. The molecule has 1 amide bonds. The zero-order valence-electron chi connectivity index (χ0n) is 18.6. The number of hydrogen-bond donors (Lipinski definition) is 1. The smallest absolute Gasteiger partial charge is 0.274 e. The van der Waals surface area contributed by atoms with Crippen molar-refractivity contribution in [2.45, 2.75) is 38.7 Å². The number of aromatic nitrogens is 2. The number of hydrogen-bond acceptors (Lipinski definition) is 6. The van der Waals surface area contributed by atoms with Gasteiger partial charge < -0.3 is 23.7 Å². The highest BCUT2D eigenvalue weighted by Gasteiger charge is 2.29. The maximum absolute atomic E-state index is 13.4. The van der Waals surface area contributed by atoms with Gasteiger partial charge in [-0.1, -0.05) is 0 Å². The molecule has 2 aromatic heterocycles. The Balaban J connectivity index is 1.41. The van der Waals surface area contributed by atoms with Crippen LogP contribution in [0.25, 0.3) is 11.5 Å². The molecule has 0 spiro atoms. The number of rotatable bonds is 9. The maximum atomic E-state index is 13.4. The van der Waals surface area contributed by atoms with E-state index in [1.54, 1.807) is 13.2 Å². The number of aromatic amines is 1. The average molecular weight is 431 g/mol. The number of aryl methyl sites for hydroxylation is 1. The number of nitrogens with zero attached hydrogens (tertiary/aromatic N) is 3. The standard InChI is InChI=1S/C23H34N4O4/c1-17-5-6-22(31-17)20-14-21(25-24-20)23(28)27(16-19-4-3-12-30-19)15-18-7-9-26(10-8-18)11-13-29-2/h5-6,14,18-19H,3-4,7-13,15-16H2,1-2H3,(H,24,25). The van der Waals surface area contributed by atoms with Crippen LogP contribution in [-0.2, 0) is 9.47 Å². The van der Waals surface area contributed by atoms with Crippen LogP contribution >= 0.6 is 0 Å². The molecule has 1 atom stereocenters. The van der Waals surface area contributed by atoms with Gasteiger partial charge in [-0.15, -0.1) is 0 Å². The Morgan fingerprint density at radius 2 is 2.13 bits per heavy atom.